The fraction of sp³-hybridized carbons (Fsp3) is 0.588. The quantitative estimate of drug-likeness (QED) is 0.830. The van der Waals surface area contributed by atoms with Gasteiger partial charge in [0.05, 0.1) is 0 Å². The Morgan fingerprint density at radius 2 is 2.14 bits per heavy atom. The minimum absolute atomic E-state index is 0.220. The molecule has 1 heterocycles. The molecule has 22 heavy (non-hydrogen) atoms. The van der Waals surface area contributed by atoms with E-state index in [1.54, 1.807) is 4.90 Å². The first-order valence-electron chi connectivity index (χ1n) is 7.75. The summed E-state index contributed by atoms with van der Waals surface area (Å²) in [5, 5.41) is 3.53. The van der Waals surface area contributed by atoms with E-state index in [1.165, 1.54) is 5.56 Å². The third-order valence-corrected chi connectivity index (χ3v) is 4.21. The van der Waals surface area contributed by atoms with Crippen molar-refractivity contribution in [2.45, 2.75) is 52.2 Å². The number of piperidine rings is 1. The van der Waals surface area contributed by atoms with Gasteiger partial charge in [-0.15, -0.1) is 0 Å². The van der Waals surface area contributed by atoms with Crippen molar-refractivity contribution in [1.29, 1.82) is 0 Å². The summed E-state index contributed by atoms with van der Waals surface area (Å²) >= 11 is 3.59. The van der Waals surface area contributed by atoms with Gasteiger partial charge in [0.15, 0.2) is 0 Å². The van der Waals surface area contributed by atoms with Gasteiger partial charge < -0.3 is 15.0 Å². The fourth-order valence-electron chi connectivity index (χ4n) is 2.54. The zero-order valence-corrected chi connectivity index (χ0v) is 15.4. The highest BCUT2D eigenvalue weighted by Gasteiger charge is 2.27. The van der Waals surface area contributed by atoms with E-state index >= 15 is 0 Å². The van der Waals surface area contributed by atoms with Gasteiger partial charge in [0.25, 0.3) is 0 Å². The molecule has 1 atom stereocenters. The van der Waals surface area contributed by atoms with E-state index in [1.807, 2.05) is 20.8 Å². The van der Waals surface area contributed by atoms with Crippen LogP contribution >= 0.6 is 15.9 Å². The molecule has 122 valence electrons. The second kappa shape index (κ2) is 6.90. The Balaban J connectivity index is 1.97. The first-order chi connectivity index (χ1) is 10.2. The summed E-state index contributed by atoms with van der Waals surface area (Å²) in [5.41, 5.74) is 1.84. The molecular formula is C17H25BrN2O2. The molecular weight excluding hydrogens is 344 g/mol. The van der Waals surface area contributed by atoms with Crippen molar-refractivity contribution in [1.82, 2.24) is 4.90 Å². The van der Waals surface area contributed by atoms with Crippen molar-refractivity contribution < 1.29 is 9.53 Å². The molecule has 0 bridgehead atoms. The van der Waals surface area contributed by atoms with Crippen LogP contribution in [0.1, 0.15) is 39.2 Å². The summed E-state index contributed by atoms with van der Waals surface area (Å²) < 4.78 is 6.52. The first-order valence-corrected chi connectivity index (χ1v) is 8.54. The van der Waals surface area contributed by atoms with Crippen LogP contribution in [0, 0.1) is 6.92 Å². The Morgan fingerprint density at radius 1 is 1.41 bits per heavy atom. The van der Waals surface area contributed by atoms with Crippen molar-refractivity contribution >= 4 is 27.7 Å². The normalized spacial score (nSPS) is 19.0. The van der Waals surface area contributed by atoms with E-state index in [0.717, 1.165) is 29.5 Å². The molecule has 2 rings (SSSR count). The van der Waals surface area contributed by atoms with Crippen molar-refractivity contribution in [3.05, 3.63) is 28.2 Å². The number of aryl methyl sites for hydroxylation is 1. The molecule has 1 fully saturated rings. The average molecular weight is 369 g/mol. The molecule has 4 nitrogen and oxygen atoms in total. The number of likely N-dealkylation sites (tertiary alicyclic amines) is 1. The average Bonchev–Trinajstić information content (AvgIpc) is 2.40. The van der Waals surface area contributed by atoms with Crippen LogP contribution < -0.4 is 5.32 Å². The number of benzene rings is 1. The summed E-state index contributed by atoms with van der Waals surface area (Å²) in [7, 11) is 0. The van der Waals surface area contributed by atoms with Crippen LogP contribution in [0.5, 0.6) is 0 Å². The molecule has 5 heteroatoms. The molecule has 0 aliphatic carbocycles. The zero-order valence-electron chi connectivity index (χ0n) is 13.8. The smallest absolute Gasteiger partial charge is 0.410 e. The minimum atomic E-state index is -0.447. The zero-order chi connectivity index (χ0) is 16.3. The van der Waals surface area contributed by atoms with E-state index in [4.69, 9.17) is 4.74 Å². The van der Waals surface area contributed by atoms with Gasteiger partial charge in [-0.3, -0.25) is 0 Å². The number of anilines is 1. The van der Waals surface area contributed by atoms with Gasteiger partial charge in [-0.25, -0.2) is 4.79 Å². The fourth-order valence-corrected chi connectivity index (χ4v) is 3.15. The van der Waals surface area contributed by atoms with E-state index < -0.39 is 5.60 Å². The SMILES string of the molecule is Cc1ccc(NC2CCCN(C(=O)OC(C)(C)C)C2)c(Br)c1. The Bertz CT molecular complexity index is 540. The van der Waals surface area contributed by atoms with Crippen LogP contribution in [0.4, 0.5) is 10.5 Å². The third-order valence-electron chi connectivity index (χ3n) is 3.56. The number of rotatable bonds is 2. The second-order valence-electron chi connectivity index (χ2n) is 6.89. The van der Waals surface area contributed by atoms with E-state index in [9.17, 15) is 4.79 Å². The standard InChI is InChI=1S/C17H25BrN2O2/c1-12-7-8-15(14(18)10-12)19-13-6-5-9-20(11-13)16(21)22-17(2,3)4/h7-8,10,13,19H,5-6,9,11H2,1-4H3. The maximum atomic E-state index is 12.2. The van der Waals surface area contributed by atoms with Crippen LogP contribution in [-0.2, 0) is 4.74 Å². The van der Waals surface area contributed by atoms with Crippen molar-refractivity contribution in [3.63, 3.8) is 0 Å². The first kappa shape index (κ1) is 17.1. The number of hydrogen-bond donors (Lipinski definition) is 1. The summed E-state index contributed by atoms with van der Waals surface area (Å²) in [6.45, 7) is 9.20. The topological polar surface area (TPSA) is 41.6 Å². The Kier molecular flexibility index (Phi) is 5.37. The number of amides is 1. The van der Waals surface area contributed by atoms with Gasteiger partial charge in [0.1, 0.15) is 5.60 Å². The van der Waals surface area contributed by atoms with Gasteiger partial charge in [0.2, 0.25) is 0 Å². The molecule has 0 aromatic heterocycles. The molecule has 1 aliphatic heterocycles. The molecule has 1 saturated heterocycles. The van der Waals surface area contributed by atoms with Crippen molar-refractivity contribution in [3.8, 4) is 0 Å². The Labute approximate surface area is 141 Å². The number of nitrogens with one attached hydrogen (secondary N) is 1. The number of carbonyl (C=O) groups is 1. The highest BCUT2D eigenvalue weighted by Crippen LogP contribution is 2.26. The monoisotopic (exact) mass is 368 g/mol. The summed E-state index contributed by atoms with van der Waals surface area (Å²) in [5.74, 6) is 0. The predicted molar refractivity (Wildman–Crippen MR) is 93.3 cm³/mol. The van der Waals surface area contributed by atoms with E-state index in [-0.39, 0.29) is 12.1 Å². The van der Waals surface area contributed by atoms with Crippen LogP contribution in [0.3, 0.4) is 0 Å². The highest BCUT2D eigenvalue weighted by molar-refractivity contribution is 9.10. The lowest BCUT2D eigenvalue weighted by molar-refractivity contribution is 0.0206. The number of nitrogens with zero attached hydrogens (tertiary/aromatic N) is 1. The van der Waals surface area contributed by atoms with Gasteiger partial charge in [0, 0.05) is 29.3 Å². The lowest BCUT2D eigenvalue weighted by Crippen LogP contribution is -2.47. The lowest BCUT2D eigenvalue weighted by atomic mass is 10.1. The lowest BCUT2D eigenvalue weighted by Gasteiger charge is -2.35. The largest absolute Gasteiger partial charge is 0.444 e. The Hall–Kier alpha value is -1.23. The maximum absolute atomic E-state index is 12.2. The predicted octanol–water partition coefficient (Wildman–Crippen LogP) is 4.57. The van der Waals surface area contributed by atoms with Gasteiger partial charge in [-0.2, -0.15) is 0 Å². The number of carbonyl (C=O) groups excluding carboxylic acids is 1. The minimum Gasteiger partial charge on any atom is -0.444 e. The van der Waals surface area contributed by atoms with Gasteiger partial charge in [-0.05, 0) is 74.2 Å². The molecule has 0 radical (unpaired) electrons. The molecule has 1 N–H and O–H groups in total. The molecule has 0 saturated carbocycles. The molecule has 1 amide bonds. The van der Waals surface area contributed by atoms with Crippen LogP contribution in [0.2, 0.25) is 0 Å². The van der Waals surface area contributed by atoms with Crippen LogP contribution in [0.25, 0.3) is 0 Å². The Morgan fingerprint density at radius 3 is 2.77 bits per heavy atom. The van der Waals surface area contributed by atoms with Gasteiger partial charge >= 0.3 is 6.09 Å². The molecule has 1 unspecified atom stereocenters. The third kappa shape index (κ3) is 4.90. The molecule has 1 aromatic rings. The summed E-state index contributed by atoms with van der Waals surface area (Å²) in [4.78, 5) is 14.0. The van der Waals surface area contributed by atoms with E-state index in [2.05, 4.69) is 46.4 Å². The van der Waals surface area contributed by atoms with Crippen molar-refractivity contribution in [2.75, 3.05) is 18.4 Å². The number of halogens is 1. The van der Waals surface area contributed by atoms with Crippen molar-refractivity contribution in [2.24, 2.45) is 0 Å². The summed E-state index contributed by atoms with van der Waals surface area (Å²) in [6, 6.07) is 6.50. The molecule has 0 spiro atoms. The van der Waals surface area contributed by atoms with Crippen LogP contribution in [0.15, 0.2) is 22.7 Å². The summed E-state index contributed by atoms with van der Waals surface area (Å²) in [6.07, 6.45) is 1.82. The molecule has 1 aromatic carbocycles. The molecule has 1 aliphatic rings. The number of ether oxygens (including phenoxy) is 1. The van der Waals surface area contributed by atoms with E-state index in [0.29, 0.717) is 6.54 Å². The maximum Gasteiger partial charge on any atom is 0.410 e. The second-order valence-corrected chi connectivity index (χ2v) is 7.75. The van der Waals surface area contributed by atoms with Gasteiger partial charge in [-0.1, -0.05) is 6.07 Å². The van der Waals surface area contributed by atoms with Crippen LogP contribution in [-0.4, -0.2) is 35.7 Å². The number of hydrogen-bond acceptors (Lipinski definition) is 3. The highest BCUT2D eigenvalue weighted by atomic mass is 79.9.